The number of carbonyl (C=O) groups is 1. The maximum atomic E-state index is 12.5. The first-order chi connectivity index (χ1) is 20.7. The number of thioether (sulfide) groups is 1. The van der Waals surface area contributed by atoms with Crippen LogP contribution in [0, 0.1) is 17.8 Å². The van der Waals surface area contributed by atoms with Crippen LogP contribution in [0.25, 0.3) is 16.5 Å². The number of benzene rings is 3. The molecule has 0 aromatic heterocycles. The van der Waals surface area contributed by atoms with Crippen LogP contribution in [0.2, 0.25) is 0 Å². The number of rotatable bonds is 11. The van der Waals surface area contributed by atoms with Crippen molar-refractivity contribution in [1.82, 2.24) is 4.90 Å². The van der Waals surface area contributed by atoms with Gasteiger partial charge in [0.2, 0.25) is 0 Å². The van der Waals surface area contributed by atoms with Crippen molar-refractivity contribution in [3.8, 4) is 11.8 Å². The minimum atomic E-state index is -0.391. The monoisotopic (exact) mass is 578 g/mol. The van der Waals surface area contributed by atoms with E-state index in [4.69, 9.17) is 14.5 Å². The van der Waals surface area contributed by atoms with E-state index in [0.717, 1.165) is 60.2 Å². The van der Waals surface area contributed by atoms with Crippen LogP contribution >= 0.6 is 11.8 Å². The molecule has 3 aliphatic rings. The Kier molecular flexibility index (Phi) is 9.40. The number of fused-ring (bicyclic) bond motifs is 2. The fraction of sp³-hybridized carbons (Fsp3) is 0.389. The Labute approximate surface area is 253 Å². The maximum absolute atomic E-state index is 12.5. The van der Waals surface area contributed by atoms with E-state index in [1.165, 1.54) is 65.1 Å². The molecule has 2 fully saturated rings. The molecule has 0 amide bonds. The molecule has 6 heteroatoms. The first kappa shape index (κ1) is 28.7. The van der Waals surface area contributed by atoms with Crippen molar-refractivity contribution < 1.29 is 14.3 Å². The van der Waals surface area contributed by atoms with Gasteiger partial charge in [0.15, 0.2) is 5.17 Å². The van der Waals surface area contributed by atoms with Crippen molar-refractivity contribution in [1.29, 1.82) is 0 Å². The highest BCUT2D eigenvalue weighted by atomic mass is 32.2. The minimum absolute atomic E-state index is 0.357. The van der Waals surface area contributed by atoms with Crippen LogP contribution < -0.4 is 0 Å². The van der Waals surface area contributed by atoms with E-state index in [9.17, 15) is 4.79 Å². The first-order valence-electron chi connectivity index (χ1n) is 15.2. The molecule has 1 atom stereocenters. The van der Waals surface area contributed by atoms with Gasteiger partial charge in [0, 0.05) is 24.3 Å². The molecule has 216 valence electrons. The van der Waals surface area contributed by atoms with Crippen LogP contribution in [0.4, 0.5) is 5.69 Å². The third-order valence-corrected chi connectivity index (χ3v) is 9.32. The smallest absolute Gasteiger partial charge is 0.169 e. The summed E-state index contributed by atoms with van der Waals surface area (Å²) in [6, 6.07) is 20.9. The number of amidine groups is 1. The number of aliphatic imine (C=N–C) groups is 1. The molecule has 5 nitrogen and oxygen atoms in total. The van der Waals surface area contributed by atoms with E-state index in [2.05, 4.69) is 60.1 Å². The molecule has 1 unspecified atom stereocenters. The molecule has 2 saturated carbocycles. The summed E-state index contributed by atoms with van der Waals surface area (Å²) >= 11 is 1.52. The molecule has 3 aromatic carbocycles. The second-order valence-corrected chi connectivity index (χ2v) is 12.3. The van der Waals surface area contributed by atoms with Crippen LogP contribution in [-0.2, 0) is 14.3 Å². The van der Waals surface area contributed by atoms with Crippen molar-refractivity contribution in [2.75, 3.05) is 33.0 Å². The van der Waals surface area contributed by atoms with E-state index in [1.807, 2.05) is 24.3 Å². The zero-order valence-corrected chi connectivity index (χ0v) is 25.1. The van der Waals surface area contributed by atoms with Gasteiger partial charge >= 0.3 is 0 Å². The molecule has 0 N–H and O–H groups in total. The van der Waals surface area contributed by atoms with Gasteiger partial charge in [-0.15, -0.1) is 0 Å². The summed E-state index contributed by atoms with van der Waals surface area (Å²) in [4.78, 5) is 19.9. The summed E-state index contributed by atoms with van der Waals surface area (Å²) in [5.41, 5.74) is 6.73. The molecule has 1 aliphatic heterocycles. The standard InChI is InChI=1S/C36H38N2O3S/c1-2-38-35(28-12-6-13-28)32-23-29-10-3-4-11-30(29)24-33(32)37-36(38)42-34(25-39)31-14-5-8-27(22-31)9-7-18-40-20-21-41-19-17-26-15-16-26/h3-5,8,10-11,14,22-26,34H,2,6,12-13,15-21H2,1H3. The Morgan fingerprint density at radius 2 is 1.83 bits per heavy atom. The molecule has 0 bridgehead atoms. The predicted molar refractivity (Wildman–Crippen MR) is 173 cm³/mol. The normalized spacial score (nSPS) is 16.8. The minimum Gasteiger partial charge on any atom is -0.379 e. The third kappa shape index (κ3) is 6.81. The van der Waals surface area contributed by atoms with Gasteiger partial charge < -0.3 is 19.2 Å². The van der Waals surface area contributed by atoms with Gasteiger partial charge in [-0.05, 0) is 84.7 Å². The van der Waals surface area contributed by atoms with E-state index in [0.29, 0.717) is 19.8 Å². The quantitative estimate of drug-likeness (QED) is 0.131. The molecule has 0 radical (unpaired) electrons. The van der Waals surface area contributed by atoms with Crippen LogP contribution in [-0.4, -0.2) is 49.3 Å². The second kappa shape index (κ2) is 13.7. The predicted octanol–water partition coefficient (Wildman–Crippen LogP) is 7.92. The summed E-state index contributed by atoms with van der Waals surface area (Å²) < 4.78 is 11.2. The number of hydrogen-bond acceptors (Lipinski definition) is 6. The Bertz CT molecular complexity index is 1560. The largest absolute Gasteiger partial charge is 0.379 e. The van der Waals surface area contributed by atoms with E-state index in [-0.39, 0.29) is 0 Å². The number of hydrogen-bond donors (Lipinski definition) is 0. The van der Waals surface area contributed by atoms with Gasteiger partial charge in [-0.25, -0.2) is 4.99 Å². The van der Waals surface area contributed by atoms with Crippen molar-refractivity contribution >= 4 is 45.4 Å². The zero-order chi connectivity index (χ0) is 28.7. The number of nitrogens with zero attached hydrogens (tertiary/aromatic N) is 2. The fourth-order valence-corrected chi connectivity index (χ4v) is 6.55. The number of ether oxygens (including phenoxy) is 2. The van der Waals surface area contributed by atoms with Crippen molar-refractivity contribution in [3.05, 3.63) is 82.9 Å². The molecule has 0 spiro atoms. The SMILES string of the molecule is CCN1C(SC(C=O)c2cccc(C#CCOCCOCCC3CC3)c2)=Nc2cc3ccccc3cc2C1=C1CCC1. The molecule has 42 heavy (non-hydrogen) atoms. The summed E-state index contributed by atoms with van der Waals surface area (Å²) in [5.74, 6) is 7.18. The van der Waals surface area contributed by atoms with Gasteiger partial charge in [0.05, 0.1) is 29.8 Å². The van der Waals surface area contributed by atoms with Crippen LogP contribution in [0.5, 0.6) is 0 Å². The number of aldehydes is 1. The topological polar surface area (TPSA) is 51.1 Å². The van der Waals surface area contributed by atoms with Gasteiger partial charge in [-0.3, -0.25) is 0 Å². The lowest BCUT2D eigenvalue weighted by Crippen LogP contribution is -2.32. The number of allylic oxidation sites excluding steroid dienone is 1. The molecule has 6 rings (SSSR count). The Morgan fingerprint density at radius 3 is 2.57 bits per heavy atom. The van der Waals surface area contributed by atoms with Crippen LogP contribution in [0.1, 0.15) is 67.4 Å². The van der Waals surface area contributed by atoms with Crippen molar-refractivity contribution in [3.63, 3.8) is 0 Å². The third-order valence-electron chi connectivity index (χ3n) is 8.16. The average Bonchev–Trinajstić information content (AvgIpc) is 3.82. The lowest BCUT2D eigenvalue weighted by Gasteiger charge is -2.36. The Balaban J connectivity index is 1.16. The molecule has 2 aliphatic carbocycles. The van der Waals surface area contributed by atoms with E-state index >= 15 is 0 Å². The fourth-order valence-electron chi connectivity index (χ4n) is 5.49. The maximum Gasteiger partial charge on any atom is 0.169 e. The van der Waals surface area contributed by atoms with Crippen LogP contribution in [0.3, 0.4) is 0 Å². The van der Waals surface area contributed by atoms with Gasteiger partial charge in [-0.2, -0.15) is 0 Å². The summed E-state index contributed by atoms with van der Waals surface area (Å²) in [5, 5.41) is 2.88. The molecule has 1 heterocycles. The highest BCUT2D eigenvalue weighted by Gasteiger charge is 2.31. The highest BCUT2D eigenvalue weighted by Crippen LogP contribution is 2.46. The average molecular weight is 579 g/mol. The highest BCUT2D eigenvalue weighted by molar-refractivity contribution is 8.14. The molecular formula is C36H38N2O3S. The molecular weight excluding hydrogens is 540 g/mol. The first-order valence-corrected chi connectivity index (χ1v) is 16.1. The summed E-state index contributed by atoms with van der Waals surface area (Å²) in [6.07, 6.45) is 8.37. The van der Waals surface area contributed by atoms with Gasteiger partial charge in [0.25, 0.3) is 0 Å². The summed E-state index contributed by atoms with van der Waals surface area (Å²) in [7, 11) is 0. The van der Waals surface area contributed by atoms with E-state index in [1.54, 1.807) is 0 Å². The zero-order valence-electron chi connectivity index (χ0n) is 24.3. The van der Waals surface area contributed by atoms with E-state index < -0.39 is 5.25 Å². The molecule has 0 saturated heterocycles. The van der Waals surface area contributed by atoms with Gasteiger partial charge in [0.1, 0.15) is 12.9 Å². The summed E-state index contributed by atoms with van der Waals surface area (Å²) in [6.45, 7) is 5.30. The lowest BCUT2D eigenvalue weighted by molar-refractivity contribution is -0.107. The Morgan fingerprint density at radius 1 is 1.02 bits per heavy atom. The van der Waals surface area contributed by atoms with Gasteiger partial charge in [-0.1, -0.05) is 72.8 Å². The Hall–Kier alpha value is -3.37. The van der Waals surface area contributed by atoms with Crippen LogP contribution in [0.15, 0.2) is 71.2 Å². The molecule has 3 aromatic rings. The van der Waals surface area contributed by atoms with Crippen molar-refractivity contribution in [2.45, 2.75) is 50.7 Å². The van der Waals surface area contributed by atoms with Crippen molar-refractivity contribution in [2.24, 2.45) is 10.9 Å². The second-order valence-electron chi connectivity index (χ2n) is 11.2. The lowest BCUT2D eigenvalue weighted by atomic mass is 9.86. The number of carbonyl (C=O) groups excluding carboxylic acids is 1.